The van der Waals surface area contributed by atoms with Crippen LogP contribution >= 0.6 is 0 Å². The van der Waals surface area contributed by atoms with Crippen molar-refractivity contribution in [1.82, 2.24) is 15.7 Å². The highest BCUT2D eigenvalue weighted by molar-refractivity contribution is 5.82. The molecular weight excluding hydrogens is 320 g/mol. The SMILES string of the molecule is COC1CCC(C2CC(C(=O)N3CC4CC4(CNC#N)C3)ON2)CC1. The van der Waals surface area contributed by atoms with Crippen molar-refractivity contribution in [1.29, 1.82) is 5.26 Å². The molecule has 2 aliphatic heterocycles. The van der Waals surface area contributed by atoms with Crippen LogP contribution in [0.15, 0.2) is 0 Å². The van der Waals surface area contributed by atoms with E-state index >= 15 is 0 Å². The number of amides is 1. The van der Waals surface area contributed by atoms with Crippen LogP contribution in [0.4, 0.5) is 0 Å². The van der Waals surface area contributed by atoms with Crippen LogP contribution < -0.4 is 10.8 Å². The van der Waals surface area contributed by atoms with Crippen LogP contribution in [0.5, 0.6) is 0 Å². The monoisotopic (exact) mass is 348 g/mol. The fourth-order valence-electron chi connectivity index (χ4n) is 5.12. The first-order chi connectivity index (χ1) is 12.1. The smallest absolute Gasteiger partial charge is 0.253 e. The number of hydroxylamine groups is 1. The zero-order chi connectivity index (χ0) is 17.4. The minimum atomic E-state index is -0.358. The highest BCUT2D eigenvalue weighted by Gasteiger charge is 2.61. The number of hydrogen-bond donors (Lipinski definition) is 2. The summed E-state index contributed by atoms with van der Waals surface area (Å²) in [6.07, 6.45) is 8.39. The van der Waals surface area contributed by atoms with Crippen molar-refractivity contribution >= 4 is 5.91 Å². The number of likely N-dealkylation sites (tertiary alicyclic amines) is 1. The number of carbonyl (C=O) groups is 1. The van der Waals surface area contributed by atoms with Gasteiger partial charge in [0.25, 0.3) is 5.91 Å². The quantitative estimate of drug-likeness (QED) is 0.564. The molecule has 2 heterocycles. The van der Waals surface area contributed by atoms with Gasteiger partial charge in [-0.1, -0.05) is 0 Å². The van der Waals surface area contributed by atoms with Crippen LogP contribution in [-0.2, 0) is 14.4 Å². The molecule has 2 saturated heterocycles. The van der Waals surface area contributed by atoms with Crippen molar-refractivity contribution in [3.05, 3.63) is 0 Å². The number of methoxy groups -OCH3 is 1. The van der Waals surface area contributed by atoms with E-state index in [1.54, 1.807) is 7.11 Å². The van der Waals surface area contributed by atoms with Gasteiger partial charge in [0.15, 0.2) is 12.3 Å². The summed E-state index contributed by atoms with van der Waals surface area (Å²) in [5, 5.41) is 11.5. The number of hydrogen-bond acceptors (Lipinski definition) is 6. The predicted octanol–water partition coefficient (Wildman–Crippen LogP) is 0.773. The van der Waals surface area contributed by atoms with E-state index in [4.69, 9.17) is 14.8 Å². The van der Waals surface area contributed by atoms with Gasteiger partial charge in [-0.2, -0.15) is 10.7 Å². The molecule has 25 heavy (non-hydrogen) atoms. The number of fused-ring (bicyclic) bond motifs is 1. The number of carbonyl (C=O) groups excluding carboxylic acids is 1. The van der Waals surface area contributed by atoms with Crippen LogP contribution in [0, 0.1) is 28.7 Å². The summed E-state index contributed by atoms with van der Waals surface area (Å²) in [7, 11) is 1.79. The second-order valence-electron chi connectivity index (χ2n) is 8.29. The van der Waals surface area contributed by atoms with E-state index in [0.717, 1.165) is 51.6 Å². The van der Waals surface area contributed by atoms with E-state index in [1.165, 1.54) is 0 Å². The maximum absolute atomic E-state index is 12.8. The normalized spacial score (nSPS) is 42.7. The topological polar surface area (TPSA) is 86.6 Å². The third-order valence-electron chi connectivity index (χ3n) is 6.86. The van der Waals surface area contributed by atoms with Crippen LogP contribution in [0.1, 0.15) is 38.5 Å². The number of ether oxygens (including phenoxy) is 1. The first-order valence-electron chi connectivity index (χ1n) is 9.50. The molecule has 2 aliphatic carbocycles. The fraction of sp³-hybridized carbons (Fsp3) is 0.889. The third kappa shape index (κ3) is 3.23. The Morgan fingerprint density at radius 3 is 2.96 bits per heavy atom. The van der Waals surface area contributed by atoms with Crippen LogP contribution in [0.2, 0.25) is 0 Å². The molecule has 7 nitrogen and oxygen atoms in total. The molecule has 0 spiro atoms. The Bertz CT molecular complexity index is 557. The van der Waals surface area contributed by atoms with Gasteiger partial charge < -0.3 is 15.0 Å². The molecule has 4 rings (SSSR count). The highest BCUT2D eigenvalue weighted by atomic mass is 16.7. The van der Waals surface area contributed by atoms with Crippen molar-refractivity contribution in [3.8, 4) is 6.19 Å². The summed E-state index contributed by atoms with van der Waals surface area (Å²) in [6, 6.07) is 0.276. The van der Waals surface area contributed by atoms with Gasteiger partial charge in [-0.3, -0.25) is 9.63 Å². The van der Waals surface area contributed by atoms with E-state index in [0.29, 0.717) is 24.5 Å². The highest BCUT2D eigenvalue weighted by Crippen LogP contribution is 2.57. The van der Waals surface area contributed by atoms with E-state index in [9.17, 15) is 4.79 Å². The van der Waals surface area contributed by atoms with E-state index < -0.39 is 0 Å². The summed E-state index contributed by atoms with van der Waals surface area (Å²) < 4.78 is 5.44. The minimum Gasteiger partial charge on any atom is -0.381 e. The van der Waals surface area contributed by atoms with Gasteiger partial charge in [0.05, 0.1) is 6.10 Å². The standard InChI is InChI=1S/C18H28N4O3/c1-24-14-4-2-12(3-5-14)15-6-16(25-21-15)17(23)22-8-13-7-18(13,10-22)9-20-11-19/h12-16,20-21H,2-10H2,1H3. The molecule has 4 unspecified atom stereocenters. The second-order valence-corrected chi connectivity index (χ2v) is 8.29. The fourth-order valence-corrected chi connectivity index (χ4v) is 5.12. The Morgan fingerprint density at radius 1 is 1.44 bits per heavy atom. The third-order valence-corrected chi connectivity index (χ3v) is 6.86. The molecule has 4 atom stereocenters. The summed E-state index contributed by atoms with van der Waals surface area (Å²) in [5.74, 6) is 1.23. The Morgan fingerprint density at radius 2 is 2.24 bits per heavy atom. The molecule has 2 N–H and O–H groups in total. The van der Waals surface area contributed by atoms with Crippen LogP contribution in [-0.4, -0.2) is 55.8 Å². The lowest BCUT2D eigenvalue weighted by Crippen LogP contribution is -2.40. The molecule has 0 aromatic carbocycles. The van der Waals surface area contributed by atoms with E-state index in [-0.39, 0.29) is 23.5 Å². The van der Waals surface area contributed by atoms with Crippen molar-refractivity contribution in [3.63, 3.8) is 0 Å². The van der Waals surface area contributed by atoms with E-state index in [1.807, 2.05) is 11.1 Å². The molecule has 4 aliphatic rings. The lowest BCUT2D eigenvalue weighted by molar-refractivity contribution is -0.143. The molecule has 1 amide bonds. The van der Waals surface area contributed by atoms with Crippen molar-refractivity contribution in [2.45, 2.75) is 56.8 Å². The molecule has 0 bridgehead atoms. The van der Waals surface area contributed by atoms with Crippen LogP contribution in [0.3, 0.4) is 0 Å². The van der Waals surface area contributed by atoms with Gasteiger partial charge in [0, 0.05) is 44.6 Å². The molecule has 138 valence electrons. The molecule has 0 aromatic rings. The molecule has 2 saturated carbocycles. The van der Waals surface area contributed by atoms with Crippen molar-refractivity contribution in [2.24, 2.45) is 17.3 Å². The maximum atomic E-state index is 12.8. The molecule has 4 fully saturated rings. The van der Waals surface area contributed by atoms with Gasteiger partial charge in [0.2, 0.25) is 0 Å². The summed E-state index contributed by atoms with van der Waals surface area (Å²) >= 11 is 0. The first kappa shape index (κ1) is 17.1. The Hall–Kier alpha value is -1.36. The lowest BCUT2D eigenvalue weighted by Gasteiger charge is -2.30. The first-order valence-corrected chi connectivity index (χ1v) is 9.50. The Balaban J connectivity index is 1.27. The number of piperidine rings is 1. The van der Waals surface area contributed by atoms with Gasteiger partial charge in [-0.05, 0) is 43.9 Å². The average Bonchev–Trinajstić information content (AvgIpc) is 3.02. The Labute approximate surface area is 149 Å². The maximum Gasteiger partial charge on any atom is 0.253 e. The molecule has 0 aromatic heterocycles. The van der Waals surface area contributed by atoms with Crippen molar-refractivity contribution < 1.29 is 14.4 Å². The number of rotatable bonds is 5. The molecule has 7 heteroatoms. The Kier molecular flexibility index (Phi) is 4.61. The summed E-state index contributed by atoms with van der Waals surface area (Å²) in [6.45, 7) is 2.26. The molecular formula is C18H28N4O3. The largest absolute Gasteiger partial charge is 0.381 e. The van der Waals surface area contributed by atoms with E-state index in [2.05, 4.69) is 10.8 Å². The lowest BCUT2D eigenvalue weighted by atomic mass is 9.81. The van der Waals surface area contributed by atoms with Crippen LogP contribution in [0.25, 0.3) is 0 Å². The number of nitrogens with one attached hydrogen (secondary N) is 2. The van der Waals surface area contributed by atoms with Gasteiger partial charge in [0.1, 0.15) is 0 Å². The zero-order valence-electron chi connectivity index (χ0n) is 14.9. The van der Waals surface area contributed by atoms with Gasteiger partial charge in [-0.25, -0.2) is 0 Å². The second kappa shape index (κ2) is 6.75. The summed E-state index contributed by atoms with van der Waals surface area (Å²) in [4.78, 5) is 20.4. The van der Waals surface area contributed by atoms with Crippen molar-refractivity contribution in [2.75, 3.05) is 26.7 Å². The average molecular weight is 348 g/mol. The zero-order valence-corrected chi connectivity index (χ0v) is 14.9. The predicted molar refractivity (Wildman–Crippen MR) is 89.9 cm³/mol. The number of nitriles is 1. The molecule has 0 radical (unpaired) electrons. The number of nitrogens with zero attached hydrogens (tertiary/aromatic N) is 2. The minimum absolute atomic E-state index is 0.115. The van der Waals surface area contributed by atoms with Gasteiger partial charge >= 0.3 is 0 Å². The summed E-state index contributed by atoms with van der Waals surface area (Å²) in [5.41, 5.74) is 3.27. The van der Waals surface area contributed by atoms with Gasteiger partial charge in [-0.15, -0.1) is 0 Å².